The Morgan fingerprint density at radius 1 is 1.15 bits per heavy atom. The molecular formula is C30H43FO2. The van der Waals surface area contributed by atoms with E-state index in [4.69, 9.17) is 4.74 Å². The van der Waals surface area contributed by atoms with E-state index in [1.807, 2.05) is 13.8 Å². The van der Waals surface area contributed by atoms with E-state index in [-0.39, 0.29) is 17.2 Å². The highest BCUT2D eigenvalue weighted by Gasteiger charge is 2.31. The molecule has 2 rings (SSSR count). The Kier molecular flexibility index (Phi) is 10.1. The van der Waals surface area contributed by atoms with Crippen LogP contribution in [0.25, 0.3) is 5.83 Å². The first-order valence-corrected chi connectivity index (χ1v) is 12.7. The molecule has 0 heterocycles. The molecule has 1 aliphatic carbocycles. The number of esters is 1. The van der Waals surface area contributed by atoms with E-state index in [2.05, 4.69) is 34.3 Å². The number of ether oxygens (including phenoxy) is 1. The van der Waals surface area contributed by atoms with Crippen LogP contribution in [0.3, 0.4) is 0 Å². The molecule has 0 atom stereocenters. The first-order valence-electron chi connectivity index (χ1n) is 12.7. The molecule has 1 aromatic carbocycles. The summed E-state index contributed by atoms with van der Waals surface area (Å²) in [4.78, 5) is 12.5. The molecule has 0 fully saturated rings. The van der Waals surface area contributed by atoms with Crippen LogP contribution >= 0.6 is 0 Å². The summed E-state index contributed by atoms with van der Waals surface area (Å²) in [5.74, 6) is -0.587. The first-order chi connectivity index (χ1) is 15.6. The largest absolute Gasteiger partial charge is 0.462 e. The lowest BCUT2D eigenvalue weighted by atomic mass is 9.69. The Balaban J connectivity index is 2.21. The zero-order chi connectivity index (χ0) is 24.6. The average molecular weight is 455 g/mol. The number of aryl methyl sites for hydroxylation is 1. The minimum atomic E-state index is -0.331. The third-order valence-electron chi connectivity index (χ3n) is 6.98. The zero-order valence-corrected chi connectivity index (χ0v) is 21.7. The maximum atomic E-state index is 15.7. The fraction of sp³-hybridized carbons (Fsp3) is 0.567. The molecule has 0 N–H and O–H groups in total. The zero-order valence-electron chi connectivity index (χ0n) is 21.7. The van der Waals surface area contributed by atoms with E-state index < -0.39 is 0 Å². The minimum absolute atomic E-state index is 0.00129. The molecule has 0 amide bonds. The fourth-order valence-electron chi connectivity index (χ4n) is 4.99. The molecule has 3 heteroatoms. The summed E-state index contributed by atoms with van der Waals surface area (Å²) in [6, 6.07) is 5.17. The van der Waals surface area contributed by atoms with Crippen molar-refractivity contribution in [3.63, 3.8) is 0 Å². The summed E-state index contributed by atoms with van der Waals surface area (Å²) in [7, 11) is 0. The van der Waals surface area contributed by atoms with Gasteiger partial charge in [0.2, 0.25) is 0 Å². The van der Waals surface area contributed by atoms with E-state index in [0.29, 0.717) is 29.7 Å². The van der Waals surface area contributed by atoms with Crippen LogP contribution in [-0.4, -0.2) is 12.6 Å². The van der Waals surface area contributed by atoms with Gasteiger partial charge in [0, 0.05) is 5.56 Å². The number of benzene rings is 1. The second kappa shape index (κ2) is 12.3. The summed E-state index contributed by atoms with van der Waals surface area (Å²) in [6.07, 6.45) is 9.47. The van der Waals surface area contributed by atoms with Crippen molar-refractivity contribution >= 4 is 11.8 Å². The Labute approximate surface area is 201 Å². The molecule has 0 saturated carbocycles. The summed E-state index contributed by atoms with van der Waals surface area (Å²) in [5, 5.41) is 0. The SMILES string of the molecule is C=C(C1=C(C)CCCC1(C)C)/C(C)=C(\F)c1ccc(C(=O)OCCCCCCC)cc1CC. The van der Waals surface area contributed by atoms with Crippen molar-refractivity contribution in [2.75, 3.05) is 6.61 Å². The van der Waals surface area contributed by atoms with Gasteiger partial charge in [-0.2, -0.15) is 0 Å². The lowest BCUT2D eigenvalue weighted by Gasteiger charge is -2.36. The highest BCUT2D eigenvalue weighted by molar-refractivity contribution is 5.90. The number of halogens is 1. The maximum Gasteiger partial charge on any atom is 0.338 e. The molecule has 0 unspecified atom stereocenters. The highest BCUT2D eigenvalue weighted by Crippen LogP contribution is 2.46. The molecule has 0 aromatic heterocycles. The van der Waals surface area contributed by atoms with Crippen LogP contribution < -0.4 is 0 Å². The molecule has 0 saturated heterocycles. The maximum absolute atomic E-state index is 15.7. The second-order valence-electron chi connectivity index (χ2n) is 10.1. The molecule has 0 spiro atoms. The van der Waals surface area contributed by atoms with Gasteiger partial charge in [-0.1, -0.05) is 71.6 Å². The van der Waals surface area contributed by atoms with Gasteiger partial charge < -0.3 is 4.74 Å². The first kappa shape index (κ1) is 27.1. The van der Waals surface area contributed by atoms with Gasteiger partial charge in [0.25, 0.3) is 0 Å². The fourth-order valence-corrected chi connectivity index (χ4v) is 4.99. The number of hydrogen-bond acceptors (Lipinski definition) is 2. The number of hydrogen-bond donors (Lipinski definition) is 0. The van der Waals surface area contributed by atoms with Crippen molar-refractivity contribution < 1.29 is 13.9 Å². The van der Waals surface area contributed by atoms with Gasteiger partial charge in [-0.15, -0.1) is 0 Å². The van der Waals surface area contributed by atoms with Crippen LogP contribution in [0.2, 0.25) is 0 Å². The number of rotatable bonds is 11. The van der Waals surface area contributed by atoms with Gasteiger partial charge in [-0.3, -0.25) is 0 Å². The van der Waals surface area contributed by atoms with E-state index in [0.717, 1.165) is 43.2 Å². The van der Waals surface area contributed by atoms with Crippen molar-refractivity contribution in [2.24, 2.45) is 5.41 Å². The molecule has 0 bridgehead atoms. The topological polar surface area (TPSA) is 26.3 Å². The Hall–Kier alpha value is -2.16. The molecule has 182 valence electrons. The molecule has 0 radical (unpaired) electrons. The molecule has 0 aliphatic heterocycles. The van der Waals surface area contributed by atoms with Crippen LogP contribution in [0.1, 0.15) is 114 Å². The Morgan fingerprint density at radius 3 is 2.48 bits per heavy atom. The van der Waals surface area contributed by atoms with Gasteiger partial charge in [0.1, 0.15) is 5.83 Å². The number of carbonyl (C=O) groups excluding carboxylic acids is 1. The molecule has 2 nitrogen and oxygen atoms in total. The molecule has 1 aliphatic rings. The Morgan fingerprint density at radius 2 is 1.85 bits per heavy atom. The average Bonchev–Trinajstić information content (AvgIpc) is 2.78. The van der Waals surface area contributed by atoms with Gasteiger partial charge in [-0.25, -0.2) is 9.18 Å². The summed E-state index contributed by atoms with van der Waals surface area (Å²) in [6.45, 7) is 17.3. The van der Waals surface area contributed by atoms with Crippen LogP contribution in [0.5, 0.6) is 0 Å². The van der Waals surface area contributed by atoms with E-state index in [9.17, 15) is 4.79 Å². The predicted molar refractivity (Wildman–Crippen MR) is 138 cm³/mol. The third kappa shape index (κ3) is 6.91. The molecule has 33 heavy (non-hydrogen) atoms. The smallest absolute Gasteiger partial charge is 0.338 e. The number of allylic oxidation sites excluding steroid dienone is 4. The van der Waals surface area contributed by atoms with Crippen LogP contribution in [0.15, 0.2) is 47.1 Å². The number of unbranched alkanes of at least 4 members (excludes halogenated alkanes) is 4. The standard InChI is InChI=1S/C30H43FO2/c1-8-10-11-12-13-19-33-29(32)25-16-17-26(24(9-2)20-25)28(31)23(5)22(4)27-21(3)15-14-18-30(27,6)7/h16-17,20H,4,8-15,18-19H2,1-3,5-7H3/b28-23-. The third-order valence-corrected chi connectivity index (χ3v) is 6.98. The van der Waals surface area contributed by atoms with Gasteiger partial charge >= 0.3 is 5.97 Å². The predicted octanol–water partition coefficient (Wildman–Crippen LogP) is 9.16. The van der Waals surface area contributed by atoms with E-state index in [1.54, 1.807) is 18.2 Å². The normalized spacial score (nSPS) is 16.5. The van der Waals surface area contributed by atoms with Crippen LogP contribution in [-0.2, 0) is 11.2 Å². The van der Waals surface area contributed by atoms with Gasteiger partial charge in [0.05, 0.1) is 12.2 Å². The van der Waals surface area contributed by atoms with Crippen molar-refractivity contribution in [1.29, 1.82) is 0 Å². The van der Waals surface area contributed by atoms with Crippen LogP contribution in [0, 0.1) is 5.41 Å². The van der Waals surface area contributed by atoms with Crippen LogP contribution in [0.4, 0.5) is 4.39 Å². The van der Waals surface area contributed by atoms with Crippen molar-refractivity contribution in [3.05, 3.63) is 63.8 Å². The van der Waals surface area contributed by atoms with E-state index >= 15 is 4.39 Å². The van der Waals surface area contributed by atoms with Gasteiger partial charge in [-0.05, 0) is 85.8 Å². The number of carbonyl (C=O) groups is 1. The second-order valence-corrected chi connectivity index (χ2v) is 10.1. The lowest BCUT2D eigenvalue weighted by Crippen LogP contribution is -2.22. The Bertz CT molecular complexity index is 917. The lowest BCUT2D eigenvalue weighted by molar-refractivity contribution is 0.0497. The molecule has 1 aromatic rings. The van der Waals surface area contributed by atoms with Crippen molar-refractivity contribution in [3.8, 4) is 0 Å². The monoisotopic (exact) mass is 454 g/mol. The highest BCUT2D eigenvalue weighted by atomic mass is 19.1. The molecular weight excluding hydrogens is 411 g/mol. The van der Waals surface area contributed by atoms with Crippen molar-refractivity contribution in [1.82, 2.24) is 0 Å². The van der Waals surface area contributed by atoms with Crippen molar-refractivity contribution in [2.45, 2.75) is 99.3 Å². The summed E-state index contributed by atoms with van der Waals surface area (Å²) < 4.78 is 21.2. The quantitative estimate of drug-likeness (QED) is 0.189. The van der Waals surface area contributed by atoms with E-state index in [1.165, 1.54) is 30.4 Å². The summed E-state index contributed by atoms with van der Waals surface area (Å²) >= 11 is 0. The minimum Gasteiger partial charge on any atom is -0.462 e. The van der Waals surface area contributed by atoms with Gasteiger partial charge in [0.15, 0.2) is 0 Å². The summed E-state index contributed by atoms with van der Waals surface area (Å²) in [5.41, 5.74) is 5.72.